The first kappa shape index (κ1) is 18.6. The van der Waals surface area contributed by atoms with Crippen molar-refractivity contribution in [1.29, 1.82) is 0 Å². The van der Waals surface area contributed by atoms with E-state index in [1.165, 1.54) is 24.3 Å². The van der Waals surface area contributed by atoms with Crippen molar-refractivity contribution in [3.63, 3.8) is 0 Å². The number of nitrogens with zero attached hydrogens (tertiary/aromatic N) is 2. The van der Waals surface area contributed by atoms with Gasteiger partial charge in [-0.25, -0.2) is 13.6 Å². The lowest BCUT2D eigenvalue weighted by molar-refractivity contribution is -0.111. The number of carbonyl (C=O) groups is 1. The van der Waals surface area contributed by atoms with Gasteiger partial charge in [0.1, 0.15) is 0 Å². The van der Waals surface area contributed by atoms with Crippen molar-refractivity contribution < 1.29 is 13.2 Å². The predicted molar refractivity (Wildman–Crippen MR) is 103 cm³/mol. The molecule has 0 bridgehead atoms. The number of primary sulfonamides is 1. The fraction of sp³-hybridized carbons (Fsp3) is 0.0526. The third-order valence-electron chi connectivity index (χ3n) is 3.70. The summed E-state index contributed by atoms with van der Waals surface area (Å²) in [6.07, 6.45) is 6.48. The van der Waals surface area contributed by atoms with Gasteiger partial charge in [-0.2, -0.15) is 5.10 Å². The Balaban J connectivity index is 1.62. The zero-order valence-corrected chi connectivity index (χ0v) is 15.1. The molecule has 0 saturated carbocycles. The largest absolute Gasteiger partial charge is 0.322 e. The van der Waals surface area contributed by atoms with E-state index < -0.39 is 15.9 Å². The molecule has 1 aromatic heterocycles. The second-order valence-corrected chi connectivity index (χ2v) is 7.41. The van der Waals surface area contributed by atoms with E-state index in [1.807, 2.05) is 36.5 Å². The van der Waals surface area contributed by atoms with Crippen molar-refractivity contribution in [3.05, 3.63) is 84.2 Å². The minimum Gasteiger partial charge on any atom is -0.322 e. The summed E-state index contributed by atoms with van der Waals surface area (Å²) in [5.74, 6) is -0.391. The van der Waals surface area contributed by atoms with Crippen LogP contribution in [0.5, 0.6) is 0 Å². The van der Waals surface area contributed by atoms with Gasteiger partial charge in [-0.05, 0) is 29.8 Å². The molecule has 0 unspecified atom stereocenters. The average molecular weight is 382 g/mol. The Kier molecular flexibility index (Phi) is 5.49. The summed E-state index contributed by atoms with van der Waals surface area (Å²) in [5.41, 5.74) is 2.25. The third kappa shape index (κ3) is 5.37. The number of hydrogen-bond acceptors (Lipinski definition) is 4. The molecule has 1 amide bonds. The molecule has 7 nitrogen and oxygen atoms in total. The highest BCUT2D eigenvalue weighted by Gasteiger charge is 2.08. The fourth-order valence-corrected chi connectivity index (χ4v) is 2.99. The van der Waals surface area contributed by atoms with Crippen LogP contribution in [-0.4, -0.2) is 24.1 Å². The van der Waals surface area contributed by atoms with Crippen molar-refractivity contribution in [1.82, 2.24) is 9.78 Å². The first-order valence-electron chi connectivity index (χ1n) is 8.08. The van der Waals surface area contributed by atoms with Crippen molar-refractivity contribution in [2.75, 3.05) is 5.32 Å². The van der Waals surface area contributed by atoms with Gasteiger partial charge in [0.2, 0.25) is 15.9 Å². The number of amides is 1. The Labute approximate surface area is 157 Å². The van der Waals surface area contributed by atoms with Crippen LogP contribution < -0.4 is 10.5 Å². The molecule has 0 aliphatic heterocycles. The van der Waals surface area contributed by atoms with Crippen LogP contribution in [0, 0.1) is 0 Å². The van der Waals surface area contributed by atoms with Crippen LogP contribution in [0.15, 0.2) is 78.0 Å². The van der Waals surface area contributed by atoms with Gasteiger partial charge < -0.3 is 5.32 Å². The number of benzene rings is 2. The van der Waals surface area contributed by atoms with Crippen molar-refractivity contribution >= 4 is 27.7 Å². The molecule has 0 atom stereocenters. The second kappa shape index (κ2) is 7.98. The summed E-state index contributed by atoms with van der Waals surface area (Å²) in [6.45, 7) is 0.640. The zero-order chi connectivity index (χ0) is 19.3. The molecule has 3 N–H and O–H groups in total. The summed E-state index contributed by atoms with van der Waals surface area (Å²) in [7, 11) is -3.82. The van der Waals surface area contributed by atoms with Crippen LogP contribution in [0.4, 0.5) is 5.69 Å². The molecule has 138 valence electrons. The molecular weight excluding hydrogens is 364 g/mol. The fourth-order valence-electron chi connectivity index (χ4n) is 2.43. The maximum Gasteiger partial charge on any atom is 0.248 e. The van der Waals surface area contributed by atoms with Gasteiger partial charge in [-0.3, -0.25) is 9.48 Å². The van der Waals surface area contributed by atoms with E-state index in [4.69, 9.17) is 5.14 Å². The zero-order valence-electron chi connectivity index (χ0n) is 14.3. The predicted octanol–water partition coefficient (Wildman–Crippen LogP) is 2.23. The lowest BCUT2D eigenvalue weighted by Crippen LogP contribution is -2.13. The van der Waals surface area contributed by atoms with E-state index in [9.17, 15) is 13.2 Å². The first-order chi connectivity index (χ1) is 12.9. The van der Waals surface area contributed by atoms with Gasteiger partial charge >= 0.3 is 0 Å². The number of sulfonamides is 1. The van der Waals surface area contributed by atoms with Crippen LogP contribution in [0.3, 0.4) is 0 Å². The van der Waals surface area contributed by atoms with Crippen LogP contribution in [-0.2, 0) is 21.4 Å². The highest BCUT2D eigenvalue weighted by molar-refractivity contribution is 7.89. The molecule has 1 heterocycles. The molecule has 0 fully saturated rings. The van der Waals surface area contributed by atoms with E-state index in [0.29, 0.717) is 12.2 Å². The molecular formula is C19H18N4O3S. The van der Waals surface area contributed by atoms with E-state index in [-0.39, 0.29) is 4.90 Å². The average Bonchev–Trinajstić information content (AvgIpc) is 3.08. The van der Waals surface area contributed by atoms with Crippen molar-refractivity contribution in [2.24, 2.45) is 5.14 Å². The number of hydrogen-bond donors (Lipinski definition) is 2. The van der Waals surface area contributed by atoms with Gasteiger partial charge in [-0.1, -0.05) is 36.4 Å². The third-order valence-corrected chi connectivity index (χ3v) is 4.61. The minimum atomic E-state index is -3.82. The van der Waals surface area contributed by atoms with Crippen LogP contribution in [0.25, 0.3) is 6.08 Å². The molecule has 0 saturated heterocycles. The Morgan fingerprint density at radius 1 is 1.15 bits per heavy atom. The normalized spacial score (nSPS) is 11.6. The Bertz CT molecular complexity index is 1070. The van der Waals surface area contributed by atoms with Gasteiger partial charge in [0.25, 0.3) is 0 Å². The quantitative estimate of drug-likeness (QED) is 0.638. The Morgan fingerprint density at radius 2 is 1.93 bits per heavy atom. The lowest BCUT2D eigenvalue weighted by Gasteiger charge is -2.04. The molecule has 0 aliphatic rings. The number of nitrogens with two attached hydrogens (primary N) is 1. The van der Waals surface area contributed by atoms with Crippen LogP contribution in [0.1, 0.15) is 11.1 Å². The van der Waals surface area contributed by atoms with Crippen molar-refractivity contribution in [2.45, 2.75) is 11.4 Å². The van der Waals surface area contributed by atoms with Gasteiger partial charge in [-0.15, -0.1) is 0 Å². The first-order valence-corrected chi connectivity index (χ1v) is 9.63. The molecule has 0 spiro atoms. The molecule has 0 radical (unpaired) electrons. The molecule has 3 rings (SSSR count). The summed E-state index contributed by atoms with van der Waals surface area (Å²) in [4.78, 5) is 12.0. The summed E-state index contributed by atoms with van der Waals surface area (Å²) in [5, 5.41) is 11.9. The molecule has 27 heavy (non-hydrogen) atoms. The molecule has 3 aromatic rings. The second-order valence-electron chi connectivity index (χ2n) is 5.85. The van der Waals surface area contributed by atoms with E-state index in [0.717, 1.165) is 11.1 Å². The maximum absolute atomic E-state index is 12.0. The van der Waals surface area contributed by atoms with Gasteiger partial charge in [0, 0.05) is 23.5 Å². The summed E-state index contributed by atoms with van der Waals surface area (Å²) < 4.78 is 24.5. The van der Waals surface area contributed by atoms with Gasteiger partial charge in [0.15, 0.2) is 0 Å². The monoisotopic (exact) mass is 382 g/mol. The minimum absolute atomic E-state index is 0.0635. The topological polar surface area (TPSA) is 107 Å². The maximum atomic E-state index is 12.0. The van der Waals surface area contributed by atoms with E-state index >= 15 is 0 Å². The van der Waals surface area contributed by atoms with E-state index in [1.54, 1.807) is 23.0 Å². The highest BCUT2D eigenvalue weighted by Crippen LogP contribution is 2.14. The molecule has 0 aliphatic carbocycles. The number of aromatic nitrogens is 2. The number of rotatable bonds is 6. The number of nitrogens with one attached hydrogen (secondary N) is 1. The smallest absolute Gasteiger partial charge is 0.248 e. The number of carbonyl (C=O) groups excluding carboxylic acids is 1. The van der Waals surface area contributed by atoms with Crippen LogP contribution >= 0.6 is 0 Å². The lowest BCUT2D eigenvalue weighted by atomic mass is 10.2. The van der Waals surface area contributed by atoms with Crippen molar-refractivity contribution in [3.8, 4) is 0 Å². The number of anilines is 1. The van der Waals surface area contributed by atoms with E-state index in [2.05, 4.69) is 10.4 Å². The molecule has 8 heteroatoms. The highest BCUT2D eigenvalue weighted by atomic mass is 32.2. The Morgan fingerprint density at radius 3 is 2.67 bits per heavy atom. The standard InChI is InChI=1S/C19H18N4O3S/c20-27(25,26)18-8-4-7-17(11-18)22-19(24)10-9-16-12-21-23(14-16)13-15-5-2-1-3-6-15/h1-12,14H,13H2,(H,22,24)(H2,20,25,26)/b10-9+. The summed E-state index contributed by atoms with van der Waals surface area (Å²) >= 11 is 0. The molecule has 2 aromatic carbocycles. The van der Waals surface area contributed by atoms with Gasteiger partial charge in [0.05, 0.1) is 17.6 Å². The van der Waals surface area contributed by atoms with Crippen LogP contribution in [0.2, 0.25) is 0 Å². The SMILES string of the molecule is NS(=O)(=O)c1cccc(NC(=O)/C=C/c2cnn(Cc3ccccc3)c2)c1. The summed E-state index contributed by atoms with van der Waals surface area (Å²) in [6, 6.07) is 15.7. The Hall–Kier alpha value is -3.23.